The molecule has 8 fully saturated rings. The van der Waals surface area contributed by atoms with Gasteiger partial charge in [0.25, 0.3) is 0 Å². The Labute approximate surface area is 450 Å². The summed E-state index contributed by atoms with van der Waals surface area (Å²) in [6.45, 7) is 6.72. The van der Waals surface area contributed by atoms with Crippen molar-refractivity contribution in [2.45, 2.75) is 232 Å². The third kappa shape index (κ3) is 11.5. The lowest BCUT2D eigenvalue weighted by atomic mass is 9.42. The van der Waals surface area contributed by atoms with Gasteiger partial charge < -0.3 is 129 Å². The number of hydrogen-bond acceptors (Lipinski definition) is 27. The zero-order chi connectivity index (χ0) is 57.1. The summed E-state index contributed by atoms with van der Waals surface area (Å²) in [4.78, 5) is 14.9. The van der Waals surface area contributed by atoms with E-state index in [4.69, 9.17) is 42.6 Å². The van der Waals surface area contributed by atoms with Crippen molar-refractivity contribution in [1.29, 1.82) is 0 Å². The predicted octanol–water partition coefficient (Wildman–Crippen LogP) is -6.38. The van der Waals surface area contributed by atoms with Crippen LogP contribution in [0.1, 0.15) is 78.6 Å². The van der Waals surface area contributed by atoms with Gasteiger partial charge in [-0.15, -0.1) is 0 Å². The zero-order valence-electron chi connectivity index (χ0n) is 44.0. The first-order valence-electron chi connectivity index (χ1n) is 27.2. The van der Waals surface area contributed by atoms with Gasteiger partial charge in [-0.25, -0.2) is 0 Å². The van der Waals surface area contributed by atoms with Crippen LogP contribution < -0.4 is 0 Å². The van der Waals surface area contributed by atoms with Crippen LogP contribution in [0.2, 0.25) is 0 Å². The van der Waals surface area contributed by atoms with Crippen LogP contribution in [0.4, 0.5) is 0 Å². The molecular weight excluding hydrogens is 1040 g/mol. The van der Waals surface area contributed by atoms with Crippen LogP contribution in [0.15, 0.2) is 12.2 Å². The van der Waals surface area contributed by atoms with Crippen molar-refractivity contribution < 1.29 is 134 Å². The van der Waals surface area contributed by atoms with E-state index >= 15 is 0 Å². The minimum atomic E-state index is -1.95. The third-order valence-electron chi connectivity index (χ3n) is 19.0. The average Bonchev–Trinajstić information content (AvgIpc) is 3.54. The van der Waals surface area contributed by atoms with Gasteiger partial charge >= 0.3 is 5.97 Å². The molecule has 17 N–H and O–H groups in total. The SMILES string of the molecule is C=C1CC2(C)CCC3[C@](C)(C(=O)OC4OC(CO)C(O)C(O)C4OC4OC(CO)C(O)C(O)C4O)CCC[C@@]3(C)[C@@H]2CCC1CC1OC(CO)C(O)C(OC2OC(CO)C(O)C(O)C2O)C1OC1OC(CO)C(O)C(O)C1O. The number of fused-ring (bicyclic) bond motifs is 3. The monoisotopic (exact) mass is 1130 g/mol. The molecule has 8 aliphatic rings. The molecule has 5 saturated heterocycles. The molecule has 0 bridgehead atoms. The van der Waals surface area contributed by atoms with Gasteiger partial charge in [-0.3, -0.25) is 4.79 Å². The molecule has 5 aliphatic heterocycles. The molecule has 450 valence electrons. The van der Waals surface area contributed by atoms with Crippen LogP contribution in [0, 0.1) is 34.0 Å². The maximum absolute atomic E-state index is 14.9. The Morgan fingerprint density at radius 3 is 1.40 bits per heavy atom. The van der Waals surface area contributed by atoms with Crippen molar-refractivity contribution in [3.05, 3.63) is 12.2 Å². The molecule has 0 aromatic heterocycles. The Balaban J connectivity index is 1.04. The van der Waals surface area contributed by atoms with E-state index in [0.29, 0.717) is 51.4 Å². The highest BCUT2D eigenvalue weighted by Gasteiger charge is 2.64. The van der Waals surface area contributed by atoms with Crippen molar-refractivity contribution in [2.75, 3.05) is 33.0 Å². The number of aliphatic hydroxyl groups is 17. The van der Waals surface area contributed by atoms with Crippen molar-refractivity contribution in [3.8, 4) is 0 Å². The van der Waals surface area contributed by atoms with Crippen LogP contribution in [0.3, 0.4) is 0 Å². The molecule has 27 nitrogen and oxygen atoms in total. The van der Waals surface area contributed by atoms with Gasteiger partial charge in [0.2, 0.25) is 6.29 Å². The second-order valence-electron chi connectivity index (χ2n) is 23.8. The second kappa shape index (κ2) is 24.8. The minimum absolute atomic E-state index is 0.0513. The summed E-state index contributed by atoms with van der Waals surface area (Å²) in [5.41, 5.74) is -1.29. The van der Waals surface area contributed by atoms with E-state index in [1.165, 1.54) is 0 Å². The van der Waals surface area contributed by atoms with E-state index in [-0.39, 0.29) is 29.6 Å². The normalized spacial score (nSPS) is 53.2. The van der Waals surface area contributed by atoms with Crippen LogP contribution in [-0.2, 0) is 47.4 Å². The largest absolute Gasteiger partial charge is 0.432 e. The first-order chi connectivity index (χ1) is 36.8. The predicted molar refractivity (Wildman–Crippen MR) is 257 cm³/mol. The molecule has 3 aliphatic carbocycles. The fourth-order valence-electron chi connectivity index (χ4n) is 14.6. The smallest absolute Gasteiger partial charge is 0.314 e. The van der Waals surface area contributed by atoms with E-state index in [1.54, 1.807) is 6.92 Å². The first-order valence-corrected chi connectivity index (χ1v) is 27.2. The Hall–Kier alpha value is -1.79. The van der Waals surface area contributed by atoms with Crippen molar-refractivity contribution in [3.63, 3.8) is 0 Å². The number of rotatable bonds is 15. The summed E-state index contributed by atoms with van der Waals surface area (Å²) in [5.74, 6) is -1.47. The number of hydrogen-bond donors (Lipinski definition) is 17. The molecule has 0 amide bonds. The summed E-state index contributed by atoms with van der Waals surface area (Å²) in [6.07, 6.45) is -38.2. The Kier molecular flexibility index (Phi) is 19.8. The minimum Gasteiger partial charge on any atom is -0.432 e. The van der Waals surface area contributed by atoms with E-state index in [9.17, 15) is 91.6 Å². The van der Waals surface area contributed by atoms with E-state index in [1.807, 2.05) is 0 Å². The quantitative estimate of drug-likeness (QED) is 0.0536. The van der Waals surface area contributed by atoms with Gasteiger partial charge in [-0.05, 0) is 86.9 Å². The molecule has 78 heavy (non-hydrogen) atoms. The van der Waals surface area contributed by atoms with E-state index in [0.717, 1.165) is 5.57 Å². The lowest BCUT2D eigenvalue weighted by Gasteiger charge is -2.62. The highest BCUT2D eigenvalue weighted by molar-refractivity contribution is 5.77. The maximum Gasteiger partial charge on any atom is 0.314 e. The zero-order valence-corrected chi connectivity index (χ0v) is 44.0. The number of allylic oxidation sites excluding steroid dienone is 1. The molecule has 0 aromatic rings. The number of esters is 1. The molecule has 27 heteroatoms. The molecule has 8 rings (SSSR count). The molecule has 3 saturated carbocycles. The summed E-state index contributed by atoms with van der Waals surface area (Å²) in [7, 11) is 0. The molecule has 0 aromatic carbocycles. The molecule has 0 spiro atoms. The van der Waals surface area contributed by atoms with Gasteiger partial charge in [0, 0.05) is 0 Å². The maximum atomic E-state index is 14.9. The van der Waals surface area contributed by atoms with Gasteiger partial charge in [0.05, 0.1) is 44.6 Å². The van der Waals surface area contributed by atoms with Crippen LogP contribution >= 0.6 is 0 Å². The lowest BCUT2D eigenvalue weighted by molar-refractivity contribution is -0.371. The van der Waals surface area contributed by atoms with Gasteiger partial charge in [0.1, 0.15) is 116 Å². The fraction of sp³-hybridized carbons (Fsp3) is 0.941. The molecule has 0 radical (unpaired) electrons. The first kappa shape index (κ1) is 62.3. The number of carbonyl (C=O) groups excluding carboxylic acids is 1. The lowest BCUT2D eigenvalue weighted by Crippen LogP contribution is -2.67. The van der Waals surface area contributed by atoms with Crippen LogP contribution in [-0.4, -0.2) is 279 Å². The highest BCUT2D eigenvalue weighted by Crippen LogP contribution is 2.68. The highest BCUT2D eigenvalue weighted by atomic mass is 16.8. The Bertz CT molecular complexity index is 2000. The summed E-state index contributed by atoms with van der Waals surface area (Å²) in [6, 6.07) is 0. The average molecular weight is 1130 g/mol. The fourth-order valence-corrected chi connectivity index (χ4v) is 14.6. The summed E-state index contributed by atoms with van der Waals surface area (Å²) in [5, 5.41) is 181. The van der Waals surface area contributed by atoms with Crippen molar-refractivity contribution in [2.24, 2.45) is 34.0 Å². The second-order valence-corrected chi connectivity index (χ2v) is 23.8. The van der Waals surface area contributed by atoms with E-state index < -0.39 is 203 Å². The molecule has 31 atom stereocenters. The summed E-state index contributed by atoms with van der Waals surface area (Å²) < 4.78 is 53.6. The topological polar surface area (TPSA) is 444 Å². The molecule has 28 unspecified atom stereocenters. The molecular formula is C51H84O27. The molecule has 5 heterocycles. The third-order valence-corrected chi connectivity index (χ3v) is 19.0. The Morgan fingerprint density at radius 2 is 0.910 bits per heavy atom. The van der Waals surface area contributed by atoms with Crippen molar-refractivity contribution in [1.82, 2.24) is 0 Å². The van der Waals surface area contributed by atoms with E-state index in [2.05, 4.69) is 20.4 Å². The van der Waals surface area contributed by atoms with Gasteiger partial charge in [-0.1, -0.05) is 32.4 Å². The van der Waals surface area contributed by atoms with Gasteiger partial charge in [-0.2, -0.15) is 0 Å². The number of carbonyl (C=O) groups is 1. The van der Waals surface area contributed by atoms with Crippen molar-refractivity contribution >= 4 is 5.97 Å². The summed E-state index contributed by atoms with van der Waals surface area (Å²) >= 11 is 0. The Morgan fingerprint density at radius 1 is 0.474 bits per heavy atom. The van der Waals surface area contributed by atoms with Gasteiger partial charge in [0.15, 0.2) is 25.0 Å². The number of aliphatic hydroxyl groups excluding tert-OH is 17. The standard InChI is InChI=1S/C51H84O27/c1-19-13-49(2)11-8-28-50(3,9-5-10-51(28,4)48(69)78-47-43(37(65)32(60)25(17-55)74-47)77-46-40(68)36(64)31(59)24(16-54)73-46)27(49)7-6-20(19)12-21-41(75-44-38(66)34(62)29(57)22(14-52)71-44)42(33(61)26(18-56)70-21)76-45-39(67)35(63)30(58)23(15-53)72-45/h20-47,52-68H,1,5-18H2,2-4H3/t20?,21?,22?,23?,24?,25?,26?,27-,28?,29?,30?,31?,32?,33?,34?,35?,36?,37?,38?,39?,40?,41?,42?,43?,44?,45?,46?,47?,49?,50+,51-/m1/s1. The van der Waals surface area contributed by atoms with Crippen LogP contribution in [0.5, 0.6) is 0 Å². The van der Waals surface area contributed by atoms with Crippen LogP contribution in [0.25, 0.3) is 0 Å². The number of ether oxygens (including phenoxy) is 9.